The lowest BCUT2D eigenvalue weighted by Gasteiger charge is -2.06. The van der Waals surface area contributed by atoms with Crippen molar-refractivity contribution in [3.8, 4) is 5.75 Å². The van der Waals surface area contributed by atoms with Crippen LogP contribution in [-0.4, -0.2) is 12.4 Å². The maximum Gasteiger partial charge on any atom is 0.174 e. The van der Waals surface area contributed by atoms with Crippen molar-refractivity contribution in [3.63, 3.8) is 0 Å². The predicted molar refractivity (Wildman–Crippen MR) is 77.1 cm³/mol. The quantitative estimate of drug-likeness (QED) is 0.821. The van der Waals surface area contributed by atoms with Crippen molar-refractivity contribution >= 4 is 29.0 Å². The highest BCUT2D eigenvalue weighted by molar-refractivity contribution is 6.31. The first-order valence-electron chi connectivity index (χ1n) is 5.88. The van der Waals surface area contributed by atoms with E-state index in [0.29, 0.717) is 16.3 Å². The number of carbonyl (C=O) groups is 1. The van der Waals surface area contributed by atoms with E-state index in [9.17, 15) is 9.18 Å². The number of benzene rings is 2. The molecule has 2 aromatic rings. The molecule has 0 atom stereocenters. The summed E-state index contributed by atoms with van der Waals surface area (Å²) in [6.45, 7) is -0.0741. The Labute approximate surface area is 126 Å². The average molecular weight is 313 g/mol. The minimum atomic E-state index is -0.427. The molecule has 0 amide bonds. The topological polar surface area (TPSA) is 26.3 Å². The summed E-state index contributed by atoms with van der Waals surface area (Å²) < 4.78 is 18.2. The second-order valence-corrected chi connectivity index (χ2v) is 5.04. The maximum atomic E-state index is 12.9. The molecule has 0 N–H and O–H groups in total. The molecule has 0 aliphatic carbocycles. The lowest BCUT2D eigenvalue weighted by atomic mass is 10.1. The van der Waals surface area contributed by atoms with Gasteiger partial charge in [-0.05, 0) is 42.0 Å². The zero-order valence-corrected chi connectivity index (χ0v) is 11.9. The third kappa shape index (κ3) is 4.22. The van der Waals surface area contributed by atoms with Crippen molar-refractivity contribution in [2.45, 2.75) is 6.42 Å². The van der Waals surface area contributed by atoms with Crippen LogP contribution in [0, 0.1) is 5.82 Å². The Morgan fingerprint density at radius 3 is 2.45 bits per heavy atom. The smallest absolute Gasteiger partial charge is 0.174 e. The third-order valence-electron chi connectivity index (χ3n) is 2.62. The van der Waals surface area contributed by atoms with Crippen LogP contribution in [0.2, 0.25) is 10.0 Å². The summed E-state index contributed by atoms with van der Waals surface area (Å²) in [4.78, 5) is 11.8. The van der Waals surface area contributed by atoms with Crippen molar-refractivity contribution in [1.82, 2.24) is 0 Å². The molecule has 0 bridgehead atoms. The number of ether oxygens (including phenoxy) is 1. The van der Waals surface area contributed by atoms with Crippen LogP contribution < -0.4 is 4.74 Å². The van der Waals surface area contributed by atoms with Gasteiger partial charge < -0.3 is 4.74 Å². The Hall–Kier alpha value is -1.58. The molecule has 2 rings (SSSR count). The summed E-state index contributed by atoms with van der Waals surface area (Å²) in [5, 5.41) is 0.839. The number of ketones is 1. The van der Waals surface area contributed by atoms with Gasteiger partial charge in [0.1, 0.15) is 18.2 Å². The Kier molecular flexibility index (Phi) is 4.99. The van der Waals surface area contributed by atoms with Crippen molar-refractivity contribution in [2.75, 3.05) is 6.61 Å². The van der Waals surface area contributed by atoms with Crippen LogP contribution in [0.4, 0.5) is 4.39 Å². The summed E-state index contributed by atoms with van der Waals surface area (Å²) in [6, 6.07) is 10.7. The minimum absolute atomic E-state index is 0.0741. The van der Waals surface area contributed by atoms with Gasteiger partial charge in [-0.2, -0.15) is 0 Å². The van der Waals surface area contributed by atoms with E-state index in [1.54, 1.807) is 24.3 Å². The van der Waals surface area contributed by atoms with Crippen LogP contribution >= 0.6 is 23.2 Å². The monoisotopic (exact) mass is 312 g/mol. The Balaban J connectivity index is 1.90. The van der Waals surface area contributed by atoms with Crippen LogP contribution in [0.3, 0.4) is 0 Å². The van der Waals surface area contributed by atoms with Gasteiger partial charge >= 0.3 is 0 Å². The number of carbonyl (C=O) groups excluding carboxylic acids is 1. The molecule has 0 aromatic heterocycles. The van der Waals surface area contributed by atoms with E-state index in [-0.39, 0.29) is 23.8 Å². The van der Waals surface area contributed by atoms with Crippen LogP contribution in [-0.2, 0) is 11.2 Å². The van der Waals surface area contributed by atoms with Crippen molar-refractivity contribution in [2.24, 2.45) is 0 Å². The third-order valence-corrected chi connectivity index (χ3v) is 3.22. The Bertz CT molecular complexity index is 612. The fraction of sp³-hybridized carbons (Fsp3) is 0.133. The van der Waals surface area contributed by atoms with Gasteiger partial charge in [0.2, 0.25) is 0 Å². The van der Waals surface area contributed by atoms with Gasteiger partial charge in [0.25, 0.3) is 0 Å². The first kappa shape index (κ1) is 14.8. The number of hydrogen-bond donors (Lipinski definition) is 0. The normalized spacial score (nSPS) is 10.3. The summed E-state index contributed by atoms with van der Waals surface area (Å²) in [6.07, 6.45) is 0.104. The van der Waals surface area contributed by atoms with Gasteiger partial charge in [0.05, 0.1) is 0 Å². The number of Topliss-reactive ketones (excluding diaryl/α,β-unsaturated/α-hetero) is 1. The van der Waals surface area contributed by atoms with E-state index in [0.717, 1.165) is 0 Å². The second kappa shape index (κ2) is 6.73. The van der Waals surface area contributed by atoms with Gasteiger partial charge in [-0.1, -0.05) is 29.3 Å². The fourth-order valence-corrected chi connectivity index (χ4v) is 1.98. The van der Waals surface area contributed by atoms with Crippen LogP contribution in [0.5, 0.6) is 5.75 Å². The van der Waals surface area contributed by atoms with Gasteiger partial charge in [-0.15, -0.1) is 0 Å². The zero-order chi connectivity index (χ0) is 14.5. The molecule has 2 nitrogen and oxygen atoms in total. The average Bonchev–Trinajstić information content (AvgIpc) is 2.41. The lowest BCUT2D eigenvalue weighted by Crippen LogP contribution is -2.14. The van der Waals surface area contributed by atoms with Crippen LogP contribution in [0.15, 0.2) is 42.5 Å². The molecule has 0 saturated carbocycles. The lowest BCUT2D eigenvalue weighted by molar-refractivity contribution is -0.120. The first-order chi connectivity index (χ1) is 9.54. The molecule has 0 radical (unpaired) electrons. The van der Waals surface area contributed by atoms with Gasteiger partial charge in [0.15, 0.2) is 5.78 Å². The van der Waals surface area contributed by atoms with E-state index in [4.69, 9.17) is 27.9 Å². The van der Waals surface area contributed by atoms with Crippen LogP contribution in [0.25, 0.3) is 0 Å². The fourth-order valence-electron chi connectivity index (χ4n) is 1.62. The molecule has 5 heteroatoms. The highest BCUT2D eigenvalue weighted by Crippen LogP contribution is 2.19. The van der Waals surface area contributed by atoms with Crippen LogP contribution in [0.1, 0.15) is 5.56 Å². The SMILES string of the molecule is O=C(COc1ccc(Cl)cc1)Cc1ccc(F)cc1Cl. The molecular weight excluding hydrogens is 302 g/mol. The van der Waals surface area contributed by atoms with Gasteiger partial charge in [-0.3, -0.25) is 4.79 Å². The van der Waals surface area contributed by atoms with Gasteiger partial charge in [0, 0.05) is 16.5 Å². The Morgan fingerprint density at radius 2 is 1.80 bits per heavy atom. The van der Waals surface area contributed by atoms with Crippen molar-refractivity contribution in [3.05, 3.63) is 63.9 Å². The molecule has 0 aliphatic heterocycles. The minimum Gasteiger partial charge on any atom is -0.486 e. The van der Waals surface area contributed by atoms with E-state index in [1.807, 2.05) is 0 Å². The molecule has 2 aromatic carbocycles. The predicted octanol–water partition coefficient (Wildman–Crippen LogP) is 4.32. The molecular formula is C15H11Cl2FO2. The largest absolute Gasteiger partial charge is 0.486 e. The van der Waals surface area contributed by atoms with Crippen molar-refractivity contribution < 1.29 is 13.9 Å². The standard InChI is InChI=1S/C15H11Cl2FO2/c16-11-2-5-14(6-3-11)20-9-13(19)7-10-1-4-12(18)8-15(10)17/h1-6,8H,7,9H2. The molecule has 0 fully saturated rings. The second-order valence-electron chi connectivity index (χ2n) is 4.19. The molecule has 104 valence electrons. The highest BCUT2D eigenvalue weighted by atomic mass is 35.5. The highest BCUT2D eigenvalue weighted by Gasteiger charge is 2.09. The summed E-state index contributed by atoms with van der Waals surface area (Å²) in [5.41, 5.74) is 0.581. The maximum absolute atomic E-state index is 12.9. The Morgan fingerprint density at radius 1 is 1.10 bits per heavy atom. The van der Waals surface area contributed by atoms with E-state index < -0.39 is 5.82 Å². The summed E-state index contributed by atoms with van der Waals surface area (Å²) >= 11 is 11.6. The van der Waals surface area contributed by atoms with Gasteiger partial charge in [-0.25, -0.2) is 4.39 Å². The molecule has 0 aliphatic rings. The molecule has 0 saturated heterocycles. The van der Waals surface area contributed by atoms with E-state index in [1.165, 1.54) is 18.2 Å². The summed E-state index contributed by atoms with van der Waals surface area (Å²) in [5.74, 6) is -0.00924. The zero-order valence-electron chi connectivity index (χ0n) is 10.4. The number of rotatable bonds is 5. The molecule has 0 spiro atoms. The van der Waals surface area contributed by atoms with E-state index >= 15 is 0 Å². The molecule has 0 heterocycles. The molecule has 20 heavy (non-hydrogen) atoms. The van der Waals surface area contributed by atoms with Crippen molar-refractivity contribution in [1.29, 1.82) is 0 Å². The number of hydrogen-bond acceptors (Lipinski definition) is 2. The molecule has 0 unspecified atom stereocenters. The summed E-state index contributed by atoms with van der Waals surface area (Å²) in [7, 11) is 0. The van der Waals surface area contributed by atoms with E-state index in [2.05, 4.69) is 0 Å². The first-order valence-corrected chi connectivity index (χ1v) is 6.64. The number of halogens is 3.